The quantitative estimate of drug-likeness (QED) is 0.496. The van der Waals surface area contributed by atoms with Crippen molar-refractivity contribution in [1.29, 1.82) is 0 Å². The van der Waals surface area contributed by atoms with E-state index in [1.807, 2.05) is 73.1 Å². The highest BCUT2D eigenvalue weighted by molar-refractivity contribution is 6.32. The zero-order valence-electron chi connectivity index (χ0n) is 16.3. The number of benzene rings is 2. The summed E-state index contributed by atoms with van der Waals surface area (Å²) in [5.74, 6) is 0.659. The number of hydrogen-bond acceptors (Lipinski definition) is 2. The van der Waals surface area contributed by atoms with Crippen LogP contribution in [0.15, 0.2) is 81.3 Å². The summed E-state index contributed by atoms with van der Waals surface area (Å²) in [4.78, 5) is 9.30. The topological polar surface area (TPSA) is 24.7 Å². The highest BCUT2D eigenvalue weighted by Gasteiger charge is 2.33. The van der Waals surface area contributed by atoms with Crippen LogP contribution < -0.4 is 0 Å². The molecule has 2 nitrogen and oxygen atoms in total. The zero-order chi connectivity index (χ0) is 19.3. The minimum Gasteiger partial charge on any atom is -0.261 e. The monoisotopic (exact) mass is 378 g/mol. The second-order valence-electron chi connectivity index (χ2n) is 8.19. The summed E-state index contributed by atoms with van der Waals surface area (Å²) in [5, 5.41) is 0.870. The normalized spacial score (nSPS) is 21.3. The molecule has 3 heteroatoms. The van der Waals surface area contributed by atoms with E-state index >= 15 is 0 Å². The third-order valence-electron chi connectivity index (χ3n) is 5.15. The van der Waals surface area contributed by atoms with Crippen molar-refractivity contribution >= 4 is 35.4 Å². The van der Waals surface area contributed by atoms with Gasteiger partial charge in [0.1, 0.15) is 0 Å². The first kappa shape index (κ1) is 19.6. The Morgan fingerprint density at radius 2 is 1.44 bits per heavy atom. The lowest BCUT2D eigenvalue weighted by Crippen LogP contribution is -2.28. The van der Waals surface area contributed by atoms with Gasteiger partial charge in [0.05, 0.1) is 11.4 Å². The summed E-state index contributed by atoms with van der Waals surface area (Å²) in [6.45, 7) is 6.90. The second-order valence-corrected chi connectivity index (χ2v) is 8.60. The maximum Gasteiger partial charge on any atom is 0.0629 e. The van der Waals surface area contributed by atoms with Gasteiger partial charge in [0.2, 0.25) is 0 Å². The average Bonchev–Trinajstić information content (AvgIpc) is 2.67. The molecule has 27 heavy (non-hydrogen) atoms. The van der Waals surface area contributed by atoms with Gasteiger partial charge in [-0.15, -0.1) is 0 Å². The summed E-state index contributed by atoms with van der Waals surface area (Å²) in [6.07, 6.45) is 5.92. The fraction of sp³-hybridized carbons (Fsp3) is 0.333. The molecule has 0 aromatic heterocycles. The van der Waals surface area contributed by atoms with Crippen LogP contribution in [-0.4, -0.2) is 12.4 Å². The van der Waals surface area contributed by atoms with E-state index in [0.29, 0.717) is 5.92 Å². The van der Waals surface area contributed by atoms with Crippen LogP contribution in [0.5, 0.6) is 0 Å². The molecular weight excluding hydrogens is 352 g/mol. The number of para-hydroxylation sites is 2. The third kappa shape index (κ3) is 5.40. The molecule has 3 rings (SSSR count). The van der Waals surface area contributed by atoms with E-state index in [1.165, 1.54) is 0 Å². The molecule has 0 saturated carbocycles. The molecule has 2 unspecified atom stereocenters. The SMILES string of the molecule is CC(C)(C)C1CC(C=Nc2ccccc2)=C(Cl)C(C=Nc2ccccc2)C1. The molecule has 0 aliphatic heterocycles. The van der Waals surface area contributed by atoms with Crippen LogP contribution in [-0.2, 0) is 0 Å². The van der Waals surface area contributed by atoms with Crippen LogP contribution in [0.1, 0.15) is 33.6 Å². The Morgan fingerprint density at radius 1 is 0.889 bits per heavy atom. The number of hydrogen-bond donors (Lipinski definition) is 0. The van der Waals surface area contributed by atoms with Gasteiger partial charge < -0.3 is 0 Å². The molecule has 2 atom stereocenters. The molecule has 0 N–H and O–H groups in total. The predicted octanol–water partition coefficient (Wildman–Crippen LogP) is 7.36. The maximum absolute atomic E-state index is 6.79. The first-order valence-corrected chi connectivity index (χ1v) is 9.88. The van der Waals surface area contributed by atoms with Crippen LogP contribution in [0.25, 0.3) is 0 Å². The fourth-order valence-electron chi connectivity index (χ4n) is 3.35. The van der Waals surface area contributed by atoms with Gasteiger partial charge in [0.15, 0.2) is 0 Å². The van der Waals surface area contributed by atoms with Crippen molar-refractivity contribution in [2.75, 3.05) is 0 Å². The van der Waals surface area contributed by atoms with Crippen LogP contribution in [0.4, 0.5) is 11.4 Å². The zero-order valence-corrected chi connectivity index (χ0v) is 17.0. The van der Waals surface area contributed by atoms with Gasteiger partial charge in [-0.1, -0.05) is 68.8 Å². The van der Waals surface area contributed by atoms with Crippen LogP contribution in [0, 0.1) is 17.3 Å². The van der Waals surface area contributed by atoms with Gasteiger partial charge in [-0.05, 0) is 54.0 Å². The van der Waals surface area contributed by atoms with Gasteiger partial charge in [-0.3, -0.25) is 9.98 Å². The van der Waals surface area contributed by atoms with Crippen molar-refractivity contribution in [1.82, 2.24) is 0 Å². The average molecular weight is 379 g/mol. The van der Waals surface area contributed by atoms with E-state index < -0.39 is 0 Å². The number of rotatable bonds is 4. The van der Waals surface area contributed by atoms with Crippen LogP contribution in [0.2, 0.25) is 0 Å². The lowest BCUT2D eigenvalue weighted by molar-refractivity contribution is 0.210. The molecule has 2 aromatic rings. The minimum absolute atomic E-state index is 0.127. The van der Waals surface area contributed by atoms with E-state index in [4.69, 9.17) is 11.6 Å². The molecule has 0 fully saturated rings. The first-order valence-electron chi connectivity index (χ1n) is 9.50. The standard InChI is InChI=1S/C24H27ClN2/c1-24(2,3)20-14-18(16-26-21-10-6-4-7-11-21)23(25)19(15-20)17-27-22-12-8-5-9-13-22/h4-13,16-18,20H,14-15H2,1-3H3. The van der Waals surface area contributed by atoms with Crippen molar-refractivity contribution in [3.8, 4) is 0 Å². The lowest BCUT2D eigenvalue weighted by Gasteiger charge is -2.37. The van der Waals surface area contributed by atoms with E-state index in [2.05, 4.69) is 30.8 Å². The van der Waals surface area contributed by atoms with E-state index in [9.17, 15) is 0 Å². The number of aliphatic imine (C=N–C) groups is 2. The summed E-state index contributed by atoms with van der Waals surface area (Å²) >= 11 is 6.79. The molecule has 1 aliphatic rings. The van der Waals surface area contributed by atoms with Gasteiger partial charge in [0, 0.05) is 23.4 Å². The molecule has 0 spiro atoms. The van der Waals surface area contributed by atoms with E-state index in [-0.39, 0.29) is 11.3 Å². The third-order valence-corrected chi connectivity index (χ3v) is 5.67. The lowest BCUT2D eigenvalue weighted by atomic mass is 9.69. The molecule has 2 aromatic carbocycles. The van der Waals surface area contributed by atoms with Gasteiger partial charge in [-0.25, -0.2) is 0 Å². The second kappa shape index (κ2) is 8.67. The maximum atomic E-state index is 6.79. The first-order chi connectivity index (χ1) is 12.9. The number of halogens is 1. The summed E-state index contributed by atoms with van der Waals surface area (Å²) in [7, 11) is 0. The molecule has 0 radical (unpaired) electrons. The van der Waals surface area contributed by atoms with Crippen LogP contribution in [0.3, 0.4) is 0 Å². The Hall–Kier alpha value is -2.19. The summed E-state index contributed by atoms with van der Waals surface area (Å²) in [6, 6.07) is 20.0. The smallest absolute Gasteiger partial charge is 0.0629 e. The fourth-order valence-corrected chi connectivity index (χ4v) is 3.62. The molecule has 140 valence electrons. The molecule has 0 saturated heterocycles. The molecule has 0 amide bonds. The van der Waals surface area contributed by atoms with Gasteiger partial charge in [-0.2, -0.15) is 0 Å². The summed E-state index contributed by atoms with van der Waals surface area (Å²) in [5.41, 5.74) is 3.24. The van der Waals surface area contributed by atoms with Crippen molar-refractivity contribution < 1.29 is 0 Å². The van der Waals surface area contributed by atoms with Crippen LogP contribution >= 0.6 is 11.6 Å². The number of allylic oxidation sites excluding steroid dienone is 2. The highest BCUT2D eigenvalue weighted by atomic mass is 35.5. The largest absolute Gasteiger partial charge is 0.261 e. The summed E-state index contributed by atoms with van der Waals surface area (Å²) < 4.78 is 0. The molecule has 0 heterocycles. The molecule has 1 aliphatic carbocycles. The van der Waals surface area contributed by atoms with Crippen molar-refractivity contribution in [2.24, 2.45) is 27.2 Å². The molecular formula is C24H27ClN2. The molecule has 0 bridgehead atoms. The Morgan fingerprint density at radius 3 is 2.00 bits per heavy atom. The van der Waals surface area contributed by atoms with Crippen molar-refractivity contribution in [2.45, 2.75) is 33.6 Å². The van der Waals surface area contributed by atoms with E-state index in [1.54, 1.807) is 0 Å². The minimum atomic E-state index is 0.127. The van der Waals surface area contributed by atoms with E-state index in [0.717, 1.165) is 34.8 Å². The van der Waals surface area contributed by atoms with Gasteiger partial charge in [0.25, 0.3) is 0 Å². The Balaban J connectivity index is 1.88. The Labute approximate surface area is 167 Å². The van der Waals surface area contributed by atoms with Crippen molar-refractivity contribution in [3.05, 3.63) is 71.3 Å². The highest BCUT2D eigenvalue weighted by Crippen LogP contribution is 2.43. The van der Waals surface area contributed by atoms with Crippen molar-refractivity contribution in [3.63, 3.8) is 0 Å². The number of nitrogens with zero attached hydrogens (tertiary/aromatic N) is 2. The Bertz CT molecular complexity index is 830. The Kier molecular flexibility index (Phi) is 6.28. The predicted molar refractivity (Wildman–Crippen MR) is 118 cm³/mol. The van der Waals surface area contributed by atoms with Gasteiger partial charge >= 0.3 is 0 Å².